The summed E-state index contributed by atoms with van der Waals surface area (Å²) in [4.78, 5) is 11.9. The highest BCUT2D eigenvalue weighted by Gasteiger charge is 2.11. The lowest BCUT2D eigenvalue weighted by atomic mass is 10.0. The predicted molar refractivity (Wildman–Crippen MR) is 65.6 cm³/mol. The molecule has 0 unspecified atom stereocenters. The molecule has 2 rings (SSSR count). The van der Waals surface area contributed by atoms with E-state index in [1.54, 1.807) is 11.3 Å². The first-order valence-corrected chi connectivity index (χ1v) is 5.70. The van der Waals surface area contributed by atoms with E-state index in [1.165, 1.54) is 4.70 Å². The molecule has 0 saturated heterocycles. The average molecular weight is 216 g/mol. The van der Waals surface area contributed by atoms with Gasteiger partial charge >= 0.3 is 0 Å². The van der Waals surface area contributed by atoms with Crippen LogP contribution < -0.4 is 0 Å². The lowest BCUT2D eigenvalue weighted by molar-refractivity contribution is 0.0995. The first-order chi connectivity index (χ1) is 7.18. The fourth-order valence-electron chi connectivity index (χ4n) is 1.56. The summed E-state index contributed by atoms with van der Waals surface area (Å²) in [5, 5.41) is 3.00. The van der Waals surface area contributed by atoms with E-state index in [0.717, 1.165) is 16.5 Å². The van der Waals surface area contributed by atoms with Gasteiger partial charge in [0.15, 0.2) is 5.78 Å². The van der Waals surface area contributed by atoms with Crippen LogP contribution in [0.4, 0.5) is 0 Å². The Balaban J connectivity index is 2.44. The van der Waals surface area contributed by atoms with E-state index in [4.69, 9.17) is 0 Å². The Kier molecular flexibility index (Phi) is 2.69. The second-order valence-electron chi connectivity index (χ2n) is 3.70. The zero-order valence-electron chi connectivity index (χ0n) is 8.62. The standard InChI is InChI=1S/C13H12OS/c1-9(2)7-12(14)11-8-15-13-6-4-3-5-10(11)13/h3-6,8H,1,7H2,2H3. The maximum absolute atomic E-state index is 11.9. The molecule has 0 aliphatic heterocycles. The van der Waals surface area contributed by atoms with Gasteiger partial charge in [0, 0.05) is 27.5 Å². The van der Waals surface area contributed by atoms with Crippen LogP contribution in [-0.2, 0) is 0 Å². The van der Waals surface area contributed by atoms with E-state index < -0.39 is 0 Å². The molecular formula is C13H12OS. The summed E-state index contributed by atoms with van der Waals surface area (Å²) in [6, 6.07) is 7.99. The van der Waals surface area contributed by atoms with Gasteiger partial charge in [-0.05, 0) is 13.0 Å². The normalized spacial score (nSPS) is 10.5. The molecule has 2 aromatic rings. The summed E-state index contributed by atoms with van der Waals surface area (Å²) in [6.07, 6.45) is 0.445. The Bertz CT molecular complexity index is 522. The van der Waals surface area contributed by atoms with Gasteiger partial charge in [-0.2, -0.15) is 0 Å². The van der Waals surface area contributed by atoms with E-state index >= 15 is 0 Å². The van der Waals surface area contributed by atoms with E-state index in [9.17, 15) is 4.79 Å². The fourth-order valence-corrected chi connectivity index (χ4v) is 2.53. The van der Waals surface area contributed by atoms with Gasteiger partial charge in [0.1, 0.15) is 0 Å². The van der Waals surface area contributed by atoms with Crippen molar-refractivity contribution in [1.29, 1.82) is 0 Å². The van der Waals surface area contributed by atoms with Crippen LogP contribution in [-0.4, -0.2) is 5.78 Å². The molecular weight excluding hydrogens is 204 g/mol. The number of carbonyl (C=O) groups excluding carboxylic acids is 1. The molecule has 0 radical (unpaired) electrons. The minimum absolute atomic E-state index is 0.167. The summed E-state index contributed by atoms with van der Waals surface area (Å²) < 4.78 is 1.17. The molecule has 0 N–H and O–H groups in total. The Morgan fingerprint density at radius 3 is 2.87 bits per heavy atom. The number of thiophene rings is 1. The van der Waals surface area contributed by atoms with Crippen molar-refractivity contribution in [2.75, 3.05) is 0 Å². The number of ketones is 1. The van der Waals surface area contributed by atoms with Crippen molar-refractivity contribution >= 4 is 27.2 Å². The number of allylic oxidation sites excluding steroid dienone is 1. The zero-order chi connectivity index (χ0) is 10.8. The zero-order valence-corrected chi connectivity index (χ0v) is 9.43. The highest BCUT2D eigenvalue weighted by atomic mass is 32.1. The topological polar surface area (TPSA) is 17.1 Å². The highest BCUT2D eigenvalue weighted by Crippen LogP contribution is 2.27. The third-order valence-electron chi connectivity index (χ3n) is 2.24. The molecule has 0 atom stereocenters. The van der Waals surface area contributed by atoms with E-state index in [1.807, 2.05) is 36.6 Å². The van der Waals surface area contributed by atoms with Gasteiger partial charge in [0.2, 0.25) is 0 Å². The Labute approximate surface area is 93.1 Å². The third-order valence-corrected chi connectivity index (χ3v) is 3.21. The van der Waals surface area contributed by atoms with Crippen molar-refractivity contribution in [3.05, 3.63) is 47.4 Å². The van der Waals surface area contributed by atoms with Gasteiger partial charge in [0.25, 0.3) is 0 Å². The van der Waals surface area contributed by atoms with Gasteiger partial charge < -0.3 is 0 Å². The molecule has 2 heteroatoms. The quantitative estimate of drug-likeness (QED) is 0.558. The summed E-state index contributed by atoms with van der Waals surface area (Å²) in [6.45, 7) is 5.65. The van der Waals surface area contributed by atoms with E-state index in [0.29, 0.717) is 6.42 Å². The van der Waals surface area contributed by atoms with Crippen molar-refractivity contribution in [3.8, 4) is 0 Å². The second-order valence-corrected chi connectivity index (χ2v) is 4.61. The first-order valence-electron chi connectivity index (χ1n) is 4.82. The molecule has 1 aromatic carbocycles. The number of fused-ring (bicyclic) bond motifs is 1. The van der Waals surface area contributed by atoms with Crippen LogP contribution in [0.5, 0.6) is 0 Å². The van der Waals surface area contributed by atoms with Gasteiger partial charge in [-0.3, -0.25) is 4.79 Å². The minimum Gasteiger partial charge on any atom is -0.294 e. The monoisotopic (exact) mass is 216 g/mol. The van der Waals surface area contributed by atoms with Crippen LogP contribution in [0.1, 0.15) is 23.7 Å². The average Bonchev–Trinajstić information content (AvgIpc) is 2.59. The minimum atomic E-state index is 0.167. The second kappa shape index (κ2) is 3.99. The van der Waals surface area contributed by atoms with Gasteiger partial charge in [-0.25, -0.2) is 0 Å². The maximum atomic E-state index is 11.9. The molecule has 0 aliphatic carbocycles. The van der Waals surface area contributed by atoms with Crippen molar-refractivity contribution in [3.63, 3.8) is 0 Å². The molecule has 15 heavy (non-hydrogen) atoms. The van der Waals surface area contributed by atoms with Crippen LogP contribution in [0, 0.1) is 0 Å². The molecule has 0 fully saturated rings. The first kappa shape index (κ1) is 10.1. The van der Waals surface area contributed by atoms with Crippen molar-refractivity contribution in [2.45, 2.75) is 13.3 Å². The summed E-state index contributed by atoms with van der Waals surface area (Å²) >= 11 is 1.62. The third kappa shape index (κ3) is 2.00. The molecule has 0 aliphatic rings. The van der Waals surface area contributed by atoms with E-state index in [-0.39, 0.29) is 5.78 Å². The Morgan fingerprint density at radius 2 is 2.13 bits per heavy atom. The number of carbonyl (C=O) groups is 1. The largest absolute Gasteiger partial charge is 0.294 e. The van der Waals surface area contributed by atoms with Crippen molar-refractivity contribution in [2.24, 2.45) is 0 Å². The molecule has 0 amide bonds. The number of rotatable bonds is 3. The SMILES string of the molecule is C=C(C)CC(=O)c1csc2ccccc12. The van der Waals surface area contributed by atoms with Gasteiger partial charge in [-0.1, -0.05) is 30.4 Å². The molecule has 0 spiro atoms. The van der Waals surface area contributed by atoms with Gasteiger partial charge in [0.05, 0.1) is 0 Å². The van der Waals surface area contributed by atoms with Crippen LogP contribution >= 0.6 is 11.3 Å². The molecule has 0 bridgehead atoms. The summed E-state index contributed by atoms with van der Waals surface area (Å²) in [7, 11) is 0. The number of hydrogen-bond acceptors (Lipinski definition) is 2. The molecule has 1 aromatic heterocycles. The number of benzene rings is 1. The highest BCUT2D eigenvalue weighted by molar-refractivity contribution is 7.17. The van der Waals surface area contributed by atoms with E-state index in [2.05, 4.69) is 6.58 Å². The van der Waals surface area contributed by atoms with Gasteiger partial charge in [-0.15, -0.1) is 11.3 Å². The van der Waals surface area contributed by atoms with Crippen molar-refractivity contribution in [1.82, 2.24) is 0 Å². The van der Waals surface area contributed by atoms with Crippen LogP contribution in [0.25, 0.3) is 10.1 Å². The molecule has 0 saturated carbocycles. The summed E-state index contributed by atoms with van der Waals surface area (Å²) in [5.41, 5.74) is 1.74. The number of Topliss-reactive ketones (excluding diaryl/α,β-unsaturated/α-hetero) is 1. The van der Waals surface area contributed by atoms with Crippen LogP contribution in [0.2, 0.25) is 0 Å². The lowest BCUT2D eigenvalue weighted by Crippen LogP contribution is -1.97. The van der Waals surface area contributed by atoms with Crippen LogP contribution in [0.3, 0.4) is 0 Å². The Hall–Kier alpha value is -1.41. The number of hydrogen-bond donors (Lipinski definition) is 0. The lowest BCUT2D eigenvalue weighted by Gasteiger charge is -1.98. The van der Waals surface area contributed by atoms with Crippen LogP contribution in [0.15, 0.2) is 41.8 Å². The predicted octanol–water partition coefficient (Wildman–Crippen LogP) is 4.05. The maximum Gasteiger partial charge on any atom is 0.168 e. The van der Waals surface area contributed by atoms with Crippen molar-refractivity contribution < 1.29 is 4.79 Å². The molecule has 76 valence electrons. The summed E-state index contributed by atoms with van der Waals surface area (Å²) in [5.74, 6) is 0.167. The Morgan fingerprint density at radius 1 is 1.40 bits per heavy atom. The fraction of sp³-hybridized carbons (Fsp3) is 0.154. The smallest absolute Gasteiger partial charge is 0.168 e. The molecule has 1 heterocycles. The molecule has 1 nitrogen and oxygen atoms in total.